The van der Waals surface area contributed by atoms with Crippen molar-refractivity contribution in [3.8, 4) is 22.9 Å². The van der Waals surface area contributed by atoms with E-state index in [4.69, 9.17) is 5.26 Å². The number of hydrogen-bond acceptors (Lipinski definition) is 4. The Kier molecular flexibility index (Phi) is 5.33. The Morgan fingerprint density at radius 2 is 2.06 bits per heavy atom. The molecule has 7 nitrogen and oxygen atoms in total. The SMILES string of the molecule is Cc1cc(C#N)ccc1-c1ccc(-n2c(C[C@@H]3CCN(C(=O)C4CC4)C3)n[nH]c2=O)c(F)c1. The van der Waals surface area contributed by atoms with E-state index in [2.05, 4.69) is 16.3 Å². The summed E-state index contributed by atoms with van der Waals surface area (Å²) in [6, 6.07) is 12.1. The zero-order valence-electron chi connectivity index (χ0n) is 18.3. The van der Waals surface area contributed by atoms with Gasteiger partial charge in [0.15, 0.2) is 0 Å². The summed E-state index contributed by atoms with van der Waals surface area (Å²) in [6.45, 7) is 3.25. The van der Waals surface area contributed by atoms with Gasteiger partial charge in [0.25, 0.3) is 0 Å². The molecule has 1 aliphatic carbocycles. The van der Waals surface area contributed by atoms with Gasteiger partial charge in [-0.25, -0.2) is 18.9 Å². The van der Waals surface area contributed by atoms with Crippen LogP contribution >= 0.6 is 0 Å². The van der Waals surface area contributed by atoms with Crippen LogP contribution in [0, 0.1) is 35.9 Å². The predicted molar refractivity (Wildman–Crippen MR) is 120 cm³/mol. The third-order valence-electron chi connectivity index (χ3n) is 6.59. The third kappa shape index (κ3) is 4.07. The van der Waals surface area contributed by atoms with Crippen molar-refractivity contribution in [2.24, 2.45) is 11.8 Å². The molecule has 1 saturated heterocycles. The molecular formula is C25H24FN5O2. The smallest absolute Gasteiger partial charge is 0.342 e. The lowest BCUT2D eigenvalue weighted by molar-refractivity contribution is -0.131. The van der Waals surface area contributed by atoms with E-state index in [1.165, 1.54) is 10.6 Å². The largest absolute Gasteiger partial charge is 0.348 e. The van der Waals surface area contributed by atoms with Crippen molar-refractivity contribution in [1.29, 1.82) is 5.26 Å². The summed E-state index contributed by atoms with van der Waals surface area (Å²) in [6.07, 6.45) is 3.30. The van der Waals surface area contributed by atoms with Gasteiger partial charge in [0.1, 0.15) is 11.6 Å². The molecule has 33 heavy (non-hydrogen) atoms. The van der Waals surface area contributed by atoms with Crippen LogP contribution in [0.3, 0.4) is 0 Å². The van der Waals surface area contributed by atoms with Gasteiger partial charge in [-0.3, -0.25) is 4.79 Å². The maximum absolute atomic E-state index is 15.2. The minimum Gasteiger partial charge on any atom is -0.342 e. The summed E-state index contributed by atoms with van der Waals surface area (Å²) in [5.41, 5.74) is 2.56. The fraction of sp³-hybridized carbons (Fsp3) is 0.360. The normalized spacial score (nSPS) is 17.8. The van der Waals surface area contributed by atoms with E-state index in [0.717, 1.165) is 36.9 Å². The van der Waals surface area contributed by atoms with Gasteiger partial charge in [-0.15, -0.1) is 0 Å². The number of amides is 1. The van der Waals surface area contributed by atoms with Gasteiger partial charge < -0.3 is 4.90 Å². The predicted octanol–water partition coefficient (Wildman–Crippen LogP) is 3.35. The zero-order chi connectivity index (χ0) is 23.1. The molecule has 2 heterocycles. The van der Waals surface area contributed by atoms with E-state index in [1.807, 2.05) is 11.8 Å². The van der Waals surface area contributed by atoms with Crippen LogP contribution < -0.4 is 5.69 Å². The molecule has 1 amide bonds. The van der Waals surface area contributed by atoms with Crippen molar-refractivity contribution in [2.75, 3.05) is 13.1 Å². The number of likely N-dealkylation sites (tertiary alicyclic amines) is 1. The highest BCUT2D eigenvalue weighted by molar-refractivity contribution is 5.81. The number of aromatic amines is 1. The molecular weight excluding hydrogens is 421 g/mol. The molecule has 3 aromatic rings. The molecule has 2 aromatic carbocycles. The maximum Gasteiger partial charge on any atom is 0.348 e. The third-order valence-corrected chi connectivity index (χ3v) is 6.59. The van der Waals surface area contributed by atoms with Crippen molar-refractivity contribution >= 4 is 5.91 Å². The lowest BCUT2D eigenvalue weighted by Gasteiger charge is -2.16. The first-order chi connectivity index (χ1) is 15.9. The number of carbonyl (C=O) groups is 1. The number of halogens is 1. The van der Waals surface area contributed by atoms with Crippen LogP contribution in [0.4, 0.5) is 4.39 Å². The second-order valence-corrected chi connectivity index (χ2v) is 9.01. The lowest BCUT2D eigenvalue weighted by Crippen LogP contribution is -2.30. The number of rotatable bonds is 5. The van der Waals surface area contributed by atoms with Gasteiger partial charge in [0.2, 0.25) is 5.91 Å². The van der Waals surface area contributed by atoms with Gasteiger partial charge in [-0.05, 0) is 73.1 Å². The van der Waals surface area contributed by atoms with Crippen molar-refractivity contribution in [1.82, 2.24) is 19.7 Å². The van der Waals surface area contributed by atoms with E-state index in [1.54, 1.807) is 30.3 Å². The first kappa shape index (κ1) is 21.1. The summed E-state index contributed by atoms with van der Waals surface area (Å²) in [5.74, 6) is 0.548. The summed E-state index contributed by atoms with van der Waals surface area (Å²) in [4.78, 5) is 26.7. The monoisotopic (exact) mass is 445 g/mol. The van der Waals surface area contributed by atoms with E-state index < -0.39 is 11.5 Å². The second kappa shape index (κ2) is 8.32. The Hall–Kier alpha value is -3.73. The average molecular weight is 445 g/mol. The van der Waals surface area contributed by atoms with Gasteiger partial charge in [0.05, 0.1) is 17.3 Å². The number of H-pyrrole nitrogens is 1. The van der Waals surface area contributed by atoms with Crippen LogP contribution in [-0.4, -0.2) is 38.7 Å². The molecule has 1 atom stereocenters. The Labute approximate surface area is 190 Å². The molecule has 1 N–H and O–H groups in total. The Morgan fingerprint density at radius 3 is 2.76 bits per heavy atom. The quantitative estimate of drug-likeness (QED) is 0.652. The Balaban J connectivity index is 1.39. The molecule has 5 rings (SSSR count). The van der Waals surface area contributed by atoms with Crippen molar-refractivity contribution in [2.45, 2.75) is 32.6 Å². The molecule has 168 valence electrons. The summed E-state index contributed by atoms with van der Waals surface area (Å²) < 4.78 is 16.5. The molecule has 0 spiro atoms. The zero-order valence-corrected chi connectivity index (χ0v) is 18.3. The molecule has 1 aliphatic heterocycles. The Bertz CT molecular complexity index is 1330. The fourth-order valence-corrected chi connectivity index (χ4v) is 4.67. The molecule has 2 fully saturated rings. The average Bonchev–Trinajstić information content (AvgIpc) is 3.46. The van der Waals surface area contributed by atoms with Gasteiger partial charge in [0, 0.05) is 25.4 Å². The van der Waals surface area contributed by atoms with Crippen molar-refractivity contribution in [3.05, 3.63) is 69.7 Å². The van der Waals surface area contributed by atoms with Crippen LogP contribution in [0.25, 0.3) is 16.8 Å². The second-order valence-electron chi connectivity index (χ2n) is 9.01. The van der Waals surface area contributed by atoms with Crippen molar-refractivity contribution < 1.29 is 9.18 Å². The van der Waals surface area contributed by atoms with E-state index in [9.17, 15) is 9.59 Å². The summed E-state index contributed by atoms with van der Waals surface area (Å²) >= 11 is 0. The molecule has 2 aliphatic rings. The van der Waals surface area contributed by atoms with E-state index >= 15 is 4.39 Å². The molecule has 0 unspecified atom stereocenters. The molecule has 0 radical (unpaired) electrons. The standard InChI is InChI=1S/C25H24FN5O2/c1-15-10-16(13-27)2-6-20(15)19-5-7-22(21(26)12-19)31-23(28-29-25(31)33)11-17-8-9-30(14-17)24(32)18-3-4-18/h2,5-7,10,12,17-18H,3-4,8-9,11,14H2,1H3,(H,29,33)/t17-/m0/s1. The summed E-state index contributed by atoms with van der Waals surface area (Å²) in [7, 11) is 0. The molecule has 1 saturated carbocycles. The van der Waals surface area contributed by atoms with Crippen LogP contribution in [0.15, 0.2) is 41.2 Å². The molecule has 0 bridgehead atoms. The highest BCUT2D eigenvalue weighted by Gasteiger charge is 2.37. The van der Waals surface area contributed by atoms with E-state index in [0.29, 0.717) is 29.9 Å². The molecule has 1 aromatic heterocycles. The first-order valence-electron chi connectivity index (χ1n) is 11.2. The number of carbonyl (C=O) groups excluding carboxylic acids is 1. The number of nitrogens with zero attached hydrogens (tertiary/aromatic N) is 4. The highest BCUT2D eigenvalue weighted by Crippen LogP contribution is 2.33. The number of aromatic nitrogens is 3. The van der Waals surface area contributed by atoms with Crippen LogP contribution in [0.5, 0.6) is 0 Å². The van der Waals surface area contributed by atoms with Gasteiger partial charge in [-0.2, -0.15) is 10.4 Å². The van der Waals surface area contributed by atoms with Gasteiger partial charge >= 0.3 is 5.69 Å². The fourth-order valence-electron chi connectivity index (χ4n) is 4.67. The number of nitriles is 1. The highest BCUT2D eigenvalue weighted by atomic mass is 19.1. The van der Waals surface area contributed by atoms with E-state index in [-0.39, 0.29) is 23.4 Å². The van der Waals surface area contributed by atoms with Crippen LogP contribution in [0.2, 0.25) is 0 Å². The van der Waals surface area contributed by atoms with Crippen LogP contribution in [-0.2, 0) is 11.2 Å². The summed E-state index contributed by atoms with van der Waals surface area (Å²) in [5, 5.41) is 15.7. The number of benzene rings is 2. The van der Waals surface area contributed by atoms with Gasteiger partial charge in [-0.1, -0.05) is 12.1 Å². The maximum atomic E-state index is 15.2. The number of nitrogens with one attached hydrogen (secondary N) is 1. The lowest BCUT2D eigenvalue weighted by atomic mass is 9.98. The number of aryl methyl sites for hydroxylation is 1. The van der Waals surface area contributed by atoms with Crippen LogP contribution in [0.1, 0.15) is 36.2 Å². The Morgan fingerprint density at radius 1 is 1.24 bits per heavy atom. The molecule has 8 heteroatoms. The topological polar surface area (TPSA) is 94.8 Å². The minimum atomic E-state index is -0.530. The number of hydrogen-bond donors (Lipinski definition) is 1. The minimum absolute atomic E-state index is 0.141. The van der Waals surface area contributed by atoms with Crippen molar-refractivity contribution in [3.63, 3.8) is 0 Å². The first-order valence-corrected chi connectivity index (χ1v) is 11.2.